The highest BCUT2D eigenvalue weighted by Crippen LogP contribution is 2.27. The van der Waals surface area contributed by atoms with Crippen LogP contribution < -0.4 is 4.57 Å². The van der Waals surface area contributed by atoms with Crippen LogP contribution >= 0.6 is 0 Å². The molecule has 0 radical (unpaired) electrons. The highest BCUT2D eigenvalue weighted by molar-refractivity contribution is 5.69. The van der Waals surface area contributed by atoms with Gasteiger partial charge >= 0.3 is 5.97 Å². The first kappa shape index (κ1) is 21.6. The van der Waals surface area contributed by atoms with Crippen molar-refractivity contribution in [1.82, 2.24) is 4.57 Å². The molecule has 6 nitrogen and oxygen atoms in total. The molecule has 0 aromatic carbocycles. The van der Waals surface area contributed by atoms with Gasteiger partial charge in [0.1, 0.15) is 12.4 Å². The summed E-state index contributed by atoms with van der Waals surface area (Å²) in [6.07, 6.45) is 7.82. The van der Waals surface area contributed by atoms with Crippen LogP contribution in [0.4, 0.5) is 0 Å². The molecule has 0 bridgehead atoms. The van der Waals surface area contributed by atoms with Crippen molar-refractivity contribution in [2.75, 3.05) is 19.8 Å². The predicted molar refractivity (Wildman–Crippen MR) is 96.0 cm³/mol. The van der Waals surface area contributed by atoms with Gasteiger partial charge in [0.2, 0.25) is 0 Å². The van der Waals surface area contributed by atoms with E-state index in [2.05, 4.69) is 35.5 Å². The number of ether oxygens (including phenoxy) is 3. The monoisotopic (exact) mass is 355 g/mol. The first-order valence-electron chi connectivity index (χ1n) is 9.42. The quantitative estimate of drug-likeness (QED) is 0.236. The Morgan fingerprint density at radius 2 is 1.80 bits per heavy atom. The molecule has 0 unspecified atom stereocenters. The molecule has 0 saturated carbocycles. The summed E-state index contributed by atoms with van der Waals surface area (Å²) in [5, 5.41) is 0. The molecule has 1 heterocycles. The summed E-state index contributed by atoms with van der Waals surface area (Å²) in [5.74, 6) is 0.358. The molecule has 25 heavy (non-hydrogen) atoms. The van der Waals surface area contributed by atoms with E-state index in [1.54, 1.807) is 0 Å². The number of unbranched alkanes of at least 4 members (excludes halogenated alkanes) is 1. The number of nitrogens with zero attached hydrogens (tertiary/aromatic N) is 2. The lowest BCUT2D eigenvalue weighted by Crippen LogP contribution is -2.38. The smallest absolute Gasteiger partial charge is 0.305 e. The van der Waals surface area contributed by atoms with Crippen LogP contribution in [-0.4, -0.2) is 36.1 Å². The molecular weight excluding hydrogens is 320 g/mol. The molecule has 6 heteroatoms. The van der Waals surface area contributed by atoms with Gasteiger partial charge in [-0.15, -0.1) is 0 Å². The summed E-state index contributed by atoms with van der Waals surface area (Å²) in [4.78, 5) is 11.7. The molecule has 1 aromatic rings. The summed E-state index contributed by atoms with van der Waals surface area (Å²) < 4.78 is 21.3. The number of carbonyl (C=O) groups is 1. The minimum absolute atomic E-state index is 0.193. The molecule has 0 spiro atoms. The number of rotatable bonds is 13. The third kappa shape index (κ3) is 7.16. The van der Waals surface area contributed by atoms with E-state index in [-0.39, 0.29) is 5.97 Å². The number of carbonyl (C=O) groups excluding carboxylic acids is 1. The van der Waals surface area contributed by atoms with Crippen LogP contribution in [0.25, 0.3) is 0 Å². The molecule has 0 fully saturated rings. The number of hydrogen-bond acceptors (Lipinski definition) is 4. The maximum atomic E-state index is 11.7. The van der Waals surface area contributed by atoms with E-state index in [0.717, 1.165) is 25.8 Å². The minimum atomic E-state index is -0.688. The Balaban J connectivity index is 2.56. The summed E-state index contributed by atoms with van der Waals surface area (Å²) in [7, 11) is 2.05. The van der Waals surface area contributed by atoms with Crippen molar-refractivity contribution < 1.29 is 23.6 Å². The number of aromatic nitrogens is 2. The molecule has 1 aromatic heterocycles. The van der Waals surface area contributed by atoms with Gasteiger partial charge in [0, 0.05) is 33.0 Å². The van der Waals surface area contributed by atoms with Crippen molar-refractivity contribution >= 4 is 5.97 Å². The van der Waals surface area contributed by atoms with Crippen LogP contribution in [0.5, 0.6) is 0 Å². The second kappa shape index (κ2) is 11.3. The Morgan fingerprint density at radius 1 is 1.12 bits per heavy atom. The fourth-order valence-electron chi connectivity index (χ4n) is 3.02. The van der Waals surface area contributed by atoms with Crippen LogP contribution in [-0.2, 0) is 32.6 Å². The second-order valence-electron chi connectivity index (χ2n) is 6.19. The third-order valence-electron chi connectivity index (χ3n) is 4.43. The lowest BCUT2D eigenvalue weighted by Gasteiger charge is -2.33. The first-order chi connectivity index (χ1) is 12.0. The van der Waals surface area contributed by atoms with E-state index in [4.69, 9.17) is 14.2 Å². The maximum absolute atomic E-state index is 11.7. The van der Waals surface area contributed by atoms with Crippen molar-refractivity contribution in [3.05, 3.63) is 18.2 Å². The summed E-state index contributed by atoms with van der Waals surface area (Å²) >= 11 is 0. The van der Waals surface area contributed by atoms with Gasteiger partial charge in [-0.25, -0.2) is 9.13 Å². The van der Waals surface area contributed by atoms with Crippen LogP contribution in [0, 0.1) is 6.92 Å². The lowest BCUT2D eigenvalue weighted by atomic mass is 10.0. The van der Waals surface area contributed by atoms with Crippen LogP contribution in [0.3, 0.4) is 0 Å². The molecule has 1 rings (SSSR count). The van der Waals surface area contributed by atoms with Crippen LogP contribution in [0.15, 0.2) is 12.4 Å². The third-order valence-corrected chi connectivity index (χ3v) is 4.43. The summed E-state index contributed by atoms with van der Waals surface area (Å²) in [6.45, 7) is 10.4. The normalized spacial score (nSPS) is 11.7. The van der Waals surface area contributed by atoms with Crippen molar-refractivity contribution in [2.45, 2.75) is 72.1 Å². The SMILES string of the molecule is CCOC(=O)CCC(CCCC[n+]1ccn(C)c1C)(OCC)OCC. The minimum Gasteiger partial charge on any atom is -0.466 e. The zero-order chi connectivity index (χ0) is 18.7. The zero-order valence-electron chi connectivity index (χ0n) is 16.5. The van der Waals surface area contributed by atoms with E-state index < -0.39 is 5.79 Å². The standard InChI is InChI=1S/C19H35N2O4/c1-6-23-18(22)11-13-19(24-7-2,25-8-3)12-9-10-14-21-16-15-20(5)17(21)4/h15-16H,6-14H2,1-5H3/q+1. The fraction of sp³-hybridized carbons (Fsp3) is 0.789. The van der Waals surface area contributed by atoms with E-state index in [1.165, 1.54) is 5.82 Å². The van der Waals surface area contributed by atoms with Crippen molar-refractivity contribution in [2.24, 2.45) is 7.05 Å². The van der Waals surface area contributed by atoms with Gasteiger partial charge in [0.05, 0.1) is 26.6 Å². The van der Waals surface area contributed by atoms with Gasteiger partial charge in [-0.05, 0) is 33.6 Å². The van der Waals surface area contributed by atoms with Gasteiger partial charge in [0.25, 0.3) is 5.82 Å². The molecule has 144 valence electrons. The summed E-state index contributed by atoms with van der Waals surface area (Å²) in [6, 6.07) is 0. The largest absolute Gasteiger partial charge is 0.466 e. The van der Waals surface area contributed by atoms with Gasteiger partial charge in [-0.1, -0.05) is 0 Å². The van der Waals surface area contributed by atoms with Crippen molar-refractivity contribution in [3.63, 3.8) is 0 Å². The van der Waals surface area contributed by atoms with Gasteiger partial charge < -0.3 is 14.2 Å². The molecule has 0 aliphatic rings. The fourth-order valence-corrected chi connectivity index (χ4v) is 3.02. The van der Waals surface area contributed by atoms with Crippen LogP contribution in [0.2, 0.25) is 0 Å². The topological polar surface area (TPSA) is 53.6 Å². The Hall–Kier alpha value is -1.40. The Kier molecular flexibility index (Phi) is 9.75. The maximum Gasteiger partial charge on any atom is 0.305 e. The van der Waals surface area contributed by atoms with E-state index >= 15 is 0 Å². The zero-order valence-corrected chi connectivity index (χ0v) is 16.5. The predicted octanol–water partition coefficient (Wildman–Crippen LogP) is 2.90. The summed E-state index contributed by atoms with van der Waals surface area (Å²) in [5.41, 5.74) is 0. The van der Waals surface area contributed by atoms with Gasteiger partial charge in [0.15, 0.2) is 5.79 Å². The molecular formula is C19H35N2O4+. The van der Waals surface area contributed by atoms with Gasteiger partial charge in [-0.2, -0.15) is 0 Å². The lowest BCUT2D eigenvalue weighted by molar-refractivity contribution is -0.702. The van der Waals surface area contributed by atoms with E-state index in [1.807, 2.05) is 20.8 Å². The molecule has 0 atom stereocenters. The molecule has 0 amide bonds. The molecule has 0 N–H and O–H groups in total. The highest BCUT2D eigenvalue weighted by Gasteiger charge is 2.31. The number of imidazole rings is 1. The average Bonchev–Trinajstić information content (AvgIpc) is 2.90. The average molecular weight is 355 g/mol. The van der Waals surface area contributed by atoms with Crippen molar-refractivity contribution in [3.8, 4) is 0 Å². The number of aryl methyl sites for hydroxylation is 2. The van der Waals surface area contributed by atoms with E-state index in [0.29, 0.717) is 32.7 Å². The molecule has 0 aliphatic heterocycles. The first-order valence-corrected chi connectivity index (χ1v) is 9.42. The van der Waals surface area contributed by atoms with Gasteiger partial charge in [-0.3, -0.25) is 4.79 Å². The highest BCUT2D eigenvalue weighted by atomic mass is 16.7. The van der Waals surface area contributed by atoms with Crippen LogP contribution in [0.1, 0.15) is 58.7 Å². The van der Waals surface area contributed by atoms with E-state index in [9.17, 15) is 4.79 Å². The number of hydrogen-bond donors (Lipinski definition) is 0. The van der Waals surface area contributed by atoms with Crippen molar-refractivity contribution in [1.29, 1.82) is 0 Å². The Labute approximate surface area is 152 Å². The number of esters is 1. The molecule has 0 aliphatic carbocycles. The Bertz CT molecular complexity index is 508. The Morgan fingerprint density at radius 3 is 2.32 bits per heavy atom. The second-order valence-corrected chi connectivity index (χ2v) is 6.19. The molecule has 0 saturated heterocycles.